The van der Waals surface area contributed by atoms with Crippen LogP contribution in [0.3, 0.4) is 0 Å². The van der Waals surface area contributed by atoms with E-state index in [1.165, 1.54) is 17.0 Å². The van der Waals surface area contributed by atoms with E-state index < -0.39 is 17.8 Å². The lowest BCUT2D eigenvalue weighted by atomic mass is 9.85. The highest BCUT2D eigenvalue weighted by Gasteiger charge is 2.41. The Bertz CT molecular complexity index is 1670. The number of hydrogen-bond acceptors (Lipinski definition) is 9. The van der Waals surface area contributed by atoms with Crippen LogP contribution in [0.5, 0.6) is 6.01 Å². The molecule has 13 heteroatoms. The number of imide groups is 1. The van der Waals surface area contributed by atoms with Gasteiger partial charge in [-0.1, -0.05) is 32.8 Å². The highest BCUT2D eigenvalue weighted by atomic mass is 19.1. The molecule has 0 bridgehead atoms. The van der Waals surface area contributed by atoms with E-state index in [1.807, 2.05) is 11.8 Å². The van der Waals surface area contributed by atoms with Crippen molar-refractivity contribution in [2.24, 2.45) is 0 Å². The number of amides is 4. The Hall–Kier alpha value is -4.39. The SMILES string of the molecule is C=CC(=O)N1CCN(c2nc(OCCCCCCCN3CCC(c4cc(F)cc5c4CN(C4CCC(=O)NC4=O)C5=O)CC3)nc(C)c2CC)CC1. The number of nitrogens with one attached hydrogen (secondary N) is 1. The molecular weight excluding hydrogens is 665 g/mol. The van der Waals surface area contributed by atoms with Gasteiger partial charge in [0, 0.05) is 56.0 Å². The van der Waals surface area contributed by atoms with Crippen LogP contribution in [-0.4, -0.2) is 107 Å². The average Bonchev–Trinajstić information content (AvgIpc) is 3.47. The number of benzene rings is 1. The second-order valence-corrected chi connectivity index (χ2v) is 14.4. The summed E-state index contributed by atoms with van der Waals surface area (Å²) in [6, 6.07) is 2.58. The van der Waals surface area contributed by atoms with Crippen molar-refractivity contribution in [2.75, 3.05) is 57.3 Å². The number of aromatic nitrogens is 2. The topological polar surface area (TPSA) is 128 Å². The molecular formula is C39H52FN7O5. The minimum absolute atomic E-state index is 0.0347. The number of nitrogens with zero attached hydrogens (tertiary/aromatic N) is 6. The van der Waals surface area contributed by atoms with Crippen molar-refractivity contribution in [1.29, 1.82) is 0 Å². The number of anilines is 1. The summed E-state index contributed by atoms with van der Waals surface area (Å²) in [4.78, 5) is 66.8. The molecule has 1 aromatic heterocycles. The Balaban J connectivity index is 0.898. The van der Waals surface area contributed by atoms with Gasteiger partial charge in [0.15, 0.2) is 0 Å². The maximum absolute atomic E-state index is 14.8. The number of ether oxygens (including phenoxy) is 1. The van der Waals surface area contributed by atoms with Gasteiger partial charge in [-0.25, -0.2) is 9.37 Å². The van der Waals surface area contributed by atoms with E-state index in [9.17, 15) is 23.6 Å². The first-order valence-corrected chi connectivity index (χ1v) is 19.0. The van der Waals surface area contributed by atoms with Crippen LogP contribution in [0.25, 0.3) is 0 Å². The first-order chi connectivity index (χ1) is 25.2. The van der Waals surface area contributed by atoms with Crippen LogP contribution in [0.1, 0.15) is 103 Å². The first kappa shape index (κ1) is 37.4. The molecule has 4 aliphatic rings. The summed E-state index contributed by atoms with van der Waals surface area (Å²) in [5.74, 6) is -0.495. The Morgan fingerprint density at radius 3 is 2.44 bits per heavy atom. The van der Waals surface area contributed by atoms with E-state index >= 15 is 0 Å². The van der Waals surface area contributed by atoms with Crippen LogP contribution in [0.15, 0.2) is 24.8 Å². The number of aryl methyl sites for hydroxylation is 1. The van der Waals surface area contributed by atoms with Gasteiger partial charge in [0.25, 0.3) is 5.91 Å². The molecule has 3 saturated heterocycles. The fourth-order valence-electron chi connectivity index (χ4n) is 8.18. The van der Waals surface area contributed by atoms with Gasteiger partial charge in [0.2, 0.25) is 17.7 Å². The van der Waals surface area contributed by atoms with Crippen LogP contribution in [0, 0.1) is 12.7 Å². The van der Waals surface area contributed by atoms with Gasteiger partial charge in [-0.2, -0.15) is 4.98 Å². The molecule has 1 N–H and O–H groups in total. The third kappa shape index (κ3) is 8.46. The van der Waals surface area contributed by atoms with Gasteiger partial charge in [-0.05, 0) is 100 Å². The lowest BCUT2D eigenvalue weighted by Gasteiger charge is -2.36. The fourth-order valence-corrected chi connectivity index (χ4v) is 8.18. The maximum Gasteiger partial charge on any atom is 0.318 e. The molecule has 2 aromatic rings. The smallest absolute Gasteiger partial charge is 0.318 e. The summed E-state index contributed by atoms with van der Waals surface area (Å²) < 4.78 is 20.8. The highest BCUT2D eigenvalue weighted by Crippen LogP contribution is 2.38. The zero-order valence-corrected chi connectivity index (χ0v) is 30.6. The van der Waals surface area contributed by atoms with E-state index in [1.54, 1.807) is 6.07 Å². The van der Waals surface area contributed by atoms with Gasteiger partial charge in [0.1, 0.15) is 17.7 Å². The zero-order valence-electron chi connectivity index (χ0n) is 30.6. The summed E-state index contributed by atoms with van der Waals surface area (Å²) in [6.07, 6.45) is 9.86. The van der Waals surface area contributed by atoms with Crippen LogP contribution in [-0.2, 0) is 27.3 Å². The molecule has 6 rings (SSSR count). The summed E-state index contributed by atoms with van der Waals surface area (Å²) in [7, 11) is 0. The van der Waals surface area contributed by atoms with Crippen LogP contribution in [0.2, 0.25) is 0 Å². The predicted octanol–water partition coefficient (Wildman–Crippen LogP) is 4.29. The van der Waals surface area contributed by atoms with E-state index in [-0.39, 0.29) is 36.6 Å². The molecule has 0 spiro atoms. The summed E-state index contributed by atoms with van der Waals surface area (Å²) >= 11 is 0. The van der Waals surface area contributed by atoms with Crippen LogP contribution < -0.4 is 15.0 Å². The molecule has 0 aliphatic carbocycles. The van der Waals surface area contributed by atoms with Crippen molar-refractivity contribution in [3.63, 3.8) is 0 Å². The molecule has 4 aliphatic heterocycles. The number of halogens is 1. The van der Waals surface area contributed by atoms with E-state index in [4.69, 9.17) is 9.72 Å². The van der Waals surface area contributed by atoms with Crippen molar-refractivity contribution in [2.45, 2.75) is 96.6 Å². The summed E-state index contributed by atoms with van der Waals surface area (Å²) in [5.41, 5.74) is 4.12. The number of hydrogen-bond donors (Lipinski definition) is 1. The van der Waals surface area contributed by atoms with Gasteiger partial charge >= 0.3 is 6.01 Å². The Labute approximate surface area is 305 Å². The Kier molecular flexibility index (Phi) is 12.2. The highest BCUT2D eigenvalue weighted by molar-refractivity contribution is 6.05. The number of carbonyl (C=O) groups excluding carboxylic acids is 4. The summed E-state index contributed by atoms with van der Waals surface area (Å²) in [6.45, 7) is 14.1. The third-order valence-corrected chi connectivity index (χ3v) is 11.1. The molecule has 52 heavy (non-hydrogen) atoms. The van der Waals surface area contributed by atoms with Crippen molar-refractivity contribution in [3.05, 3.63) is 58.6 Å². The molecule has 1 atom stereocenters. The van der Waals surface area contributed by atoms with Crippen LogP contribution >= 0.6 is 0 Å². The second kappa shape index (κ2) is 17.0. The number of piperidine rings is 2. The Morgan fingerprint density at radius 2 is 1.73 bits per heavy atom. The minimum atomic E-state index is -0.706. The van der Waals surface area contributed by atoms with Gasteiger partial charge in [-0.3, -0.25) is 24.5 Å². The van der Waals surface area contributed by atoms with E-state index in [0.29, 0.717) is 50.8 Å². The monoisotopic (exact) mass is 717 g/mol. The number of rotatable bonds is 14. The fraction of sp³-hybridized carbons (Fsp3) is 0.590. The molecule has 4 amide bonds. The third-order valence-electron chi connectivity index (χ3n) is 11.1. The molecule has 1 unspecified atom stereocenters. The van der Waals surface area contributed by atoms with Gasteiger partial charge in [0.05, 0.1) is 6.61 Å². The number of carbonyl (C=O) groups is 4. The molecule has 5 heterocycles. The average molecular weight is 718 g/mol. The Morgan fingerprint density at radius 1 is 1.00 bits per heavy atom. The number of piperazine rings is 1. The predicted molar refractivity (Wildman–Crippen MR) is 195 cm³/mol. The van der Waals surface area contributed by atoms with Crippen molar-refractivity contribution >= 4 is 29.4 Å². The normalized spacial score (nSPS) is 19.9. The van der Waals surface area contributed by atoms with Crippen molar-refractivity contribution in [1.82, 2.24) is 30.0 Å². The first-order valence-electron chi connectivity index (χ1n) is 19.0. The molecule has 0 radical (unpaired) electrons. The molecule has 1 aromatic carbocycles. The van der Waals surface area contributed by atoms with Crippen molar-refractivity contribution < 1.29 is 28.3 Å². The van der Waals surface area contributed by atoms with E-state index in [0.717, 1.165) is 99.2 Å². The number of unbranched alkanes of at least 4 members (excludes halogenated alkanes) is 4. The van der Waals surface area contributed by atoms with Crippen molar-refractivity contribution in [3.8, 4) is 6.01 Å². The standard InChI is InChI=1S/C39H52FN7O5/c1-4-29-26(3)41-39(43-36(29)46-20-18-45(19-21-46)35(49)5-2)52-22-10-8-6-7-9-15-44-16-13-27(14-17-44)30-23-28(40)24-31-32(30)25-47(38(31)51)33-11-12-34(48)42-37(33)50/h5,23-24,27,33H,2,4,6-22,25H2,1,3H3,(H,42,48,50). The second-order valence-electron chi connectivity index (χ2n) is 14.4. The molecule has 0 saturated carbocycles. The summed E-state index contributed by atoms with van der Waals surface area (Å²) in [5, 5.41) is 2.34. The minimum Gasteiger partial charge on any atom is -0.463 e. The lowest BCUT2D eigenvalue weighted by Crippen LogP contribution is -2.52. The lowest BCUT2D eigenvalue weighted by molar-refractivity contribution is -0.137. The van der Waals surface area contributed by atoms with Gasteiger partial charge < -0.3 is 24.3 Å². The van der Waals surface area contributed by atoms with E-state index in [2.05, 4.69) is 33.6 Å². The van der Waals surface area contributed by atoms with Crippen LogP contribution in [0.4, 0.5) is 10.2 Å². The molecule has 12 nitrogen and oxygen atoms in total. The number of likely N-dealkylation sites (tertiary alicyclic amines) is 1. The maximum atomic E-state index is 14.8. The van der Waals surface area contributed by atoms with Gasteiger partial charge in [-0.15, -0.1) is 0 Å². The quantitative estimate of drug-likeness (QED) is 0.173. The molecule has 3 fully saturated rings. The molecule has 280 valence electrons. The number of fused-ring (bicyclic) bond motifs is 1. The zero-order chi connectivity index (χ0) is 36.8. The largest absolute Gasteiger partial charge is 0.463 e.